The van der Waals surface area contributed by atoms with Crippen molar-refractivity contribution in [3.63, 3.8) is 0 Å². The summed E-state index contributed by atoms with van der Waals surface area (Å²) >= 11 is 0. The summed E-state index contributed by atoms with van der Waals surface area (Å²) in [4.78, 5) is 13.2. The second-order valence-electron chi connectivity index (χ2n) is 6.11. The zero-order valence-corrected chi connectivity index (χ0v) is 13.1. The highest BCUT2D eigenvalue weighted by atomic mass is 19.1. The summed E-state index contributed by atoms with van der Waals surface area (Å²) in [6.45, 7) is 4.06. The van der Waals surface area contributed by atoms with Crippen LogP contribution in [-0.2, 0) is 11.3 Å². The second kappa shape index (κ2) is 6.54. The number of benzene rings is 1. The van der Waals surface area contributed by atoms with Crippen LogP contribution < -0.4 is 0 Å². The van der Waals surface area contributed by atoms with Gasteiger partial charge < -0.3 is 9.52 Å². The van der Waals surface area contributed by atoms with Crippen molar-refractivity contribution in [2.24, 2.45) is 5.92 Å². The second-order valence-corrected chi connectivity index (χ2v) is 6.11. The van der Waals surface area contributed by atoms with E-state index in [-0.39, 0.29) is 11.7 Å². The maximum absolute atomic E-state index is 13.2. The van der Waals surface area contributed by atoms with Crippen molar-refractivity contribution in [2.45, 2.75) is 26.3 Å². The molecule has 1 aromatic carbocycles. The first-order chi connectivity index (χ1) is 11.0. The number of furan rings is 1. The number of hydrogen-bond acceptors (Lipinski definition) is 3. The highest BCUT2D eigenvalue weighted by Crippen LogP contribution is 2.27. The average Bonchev–Trinajstić information content (AvgIpc) is 2.96. The van der Waals surface area contributed by atoms with Crippen molar-refractivity contribution in [3.8, 4) is 11.3 Å². The fourth-order valence-electron chi connectivity index (χ4n) is 3.07. The number of aliphatic carboxylic acids is 1. The van der Waals surface area contributed by atoms with Crippen LogP contribution in [0.4, 0.5) is 4.39 Å². The van der Waals surface area contributed by atoms with Gasteiger partial charge in [-0.3, -0.25) is 9.69 Å². The van der Waals surface area contributed by atoms with E-state index in [0.29, 0.717) is 19.4 Å². The topological polar surface area (TPSA) is 53.7 Å². The molecule has 1 N–H and O–H groups in total. The molecular weight excluding hydrogens is 297 g/mol. The van der Waals surface area contributed by atoms with Gasteiger partial charge in [0.25, 0.3) is 0 Å². The molecular formula is C18H20FNO3. The van der Waals surface area contributed by atoms with Crippen LogP contribution >= 0.6 is 0 Å². The number of halogens is 1. The Kier molecular flexibility index (Phi) is 4.48. The fraction of sp³-hybridized carbons (Fsp3) is 0.389. The Labute approximate surface area is 134 Å². The Morgan fingerprint density at radius 1 is 1.30 bits per heavy atom. The van der Waals surface area contributed by atoms with Crippen LogP contribution in [0.1, 0.15) is 24.2 Å². The minimum atomic E-state index is -0.697. The molecule has 0 radical (unpaired) electrons. The first kappa shape index (κ1) is 15.7. The van der Waals surface area contributed by atoms with Crippen molar-refractivity contribution in [1.82, 2.24) is 4.90 Å². The van der Waals surface area contributed by atoms with Gasteiger partial charge in [0.2, 0.25) is 0 Å². The molecule has 2 heterocycles. The van der Waals surface area contributed by atoms with Crippen molar-refractivity contribution in [3.05, 3.63) is 47.5 Å². The number of hydrogen-bond donors (Lipinski definition) is 1. The van der Waals surface area contributed by atoms with E-state index >= 15 is 0 Å². The lowest BCUT2D eigenvalue weighted by Crippen LogP contribution is -2.35. The third-order valence-corrected chi connectivity index (χ3v) is 4.43. The number of aryl methyl sites for hydroxylation is 1. The number of likely N-dealkylation sites (tertiary alicyclic amines) is 1. The molecule has 0 amide bonds. The number of carboxylic acids is 1. The minimum Gasteiger partial charge on any atom is -0.481 e. The number of rotatable bonds is 4. The summed E-state index contributed by atoms with van der Waals surface area (Å²) in [5, 5.41) is 9.03. The van der Waals surface area contributed by atoms with Gasteiger partial charge in [0.15, 0.2) is 0 Å². The molecule has 23 heavy (non-hydrogen) atoms. The molecule has 5 heteroatoms. The van der Waals surface area contributed by atoms with Crippen molar-refractivity contribution in [2.75, 3.05) is 13.1 Å². The molecule has 0 spiro atoms. The van der Waals surface area contributed by atoms with E-state index in [1.54, 1.807) is 6.07 Å². The van der Waals surface area contributed by atoms with Crippen LogP contribution in [0.2, 0.25) is 0 Å². The summed E-state index contributed by atoms with van der Waals surface area (Å²) in [6, 6.07) is 8.49. The smallest absolute Gasteiger partial charge is 0.306 e. The van der Waals surface area contributed by atoms with Gasteiger partial charge in [-0.2, -0.15) is 0 Å². The Hall–Kier alpha value is -2.14. The molecule has 122 valence electrons. The monoisotopic (exact) mass is 317 g/mol. The lowest BCUT2D eigenvalue weighted by Gasteiger charge is -2.29. The molecule has 0 atom stereocenters. The van der Waals surface area contributed by atoms with Crippen LogP contribution in [0, 0.1) is 18.7 Å². The summed E-state index contributed by atoms with van der Waals surface area (Å²) < 4.78 is 19.1. The van der Waals surface area contributed by atoms with Gasteiger partial charge in [0.1, 0.15) is 17.3 Å². The largest absolute Gasteiger partial charge is 0.481 e. The van der Waals surface area contributed by atoms with Crippen molar-refractivity contribution in [1.29, 1.82) is 0 Å². The highest BCUT2D eigenvalue weighted by Gasteiger charge is 2.24. The van der Waals surface area contributed by atoms with Gasteiger partial charge in [-0.25, -0.2) is 4.39 Å². The molecule has 1 aliphatic rings. The fourth-order valence-corrected chi connectivity index (χ4v) is 3.07. The number of carbonyl (C=O) groups is 1. The SMILES string of the molecule is Cc1cc(F)ccc1-c1ccc(CN2CCC(C(=O)O)CC2)o1. The molecule has 4 nitrogen and oxygen atoms in total. The molecule has 0 aliphatic carbocycles. The van der Waals surface area contributed by atoms with Crippen LogP contribution in [-0.4, -0.2) is 29.1 Å². The molecule has 0 unspecified atom stereocenters. The van der Waals surface area contributed by atoms with E-state index < -0.39 is 5.97 Å². The lowest BCUT2D eigenvalue weighted by molar-refractivity contribution is -0.143. The van der Waals surface area contributed by atoms with Crippen LogP contribution in [0.25, 0.3) is 11.3 Å². The van der Waals surface area contributed by atoms with Gasteiger partial charge in [0, 0.05) is 5.56 Å². The minimum absolute atomic E-state index is 0.222. The molecule has 1 fully saturated rings. The molecule has 0 saturated carbocycles. The zero-order chi connectivity index (χ0) is 16.4. The van der Waals surface area contributed by atoms with E-state index in [0.717, 1.165) is 35.7 Å². The summed E-state index contributed by atoms with van der Waals surface area (Å²) in [5.41, 5.74) is 1.73. The third kappa shape index (κ3) is 3.62. The number of nitrogens with zero attached hydrogens (tertiary/aromatic N) is 1. The van der Waals surface area contributed by atoms with Crippen LogP contribution in [0.15, 0.2) is 34.7 Å². The van der Waals surface area contributed by atoms with Gasteiger partial charge in [0.05, 0.1) is 12.5 Å². The van der Waals surface area contributed by atoms with Gasteiger partial charge >= 0.3 is 5.97 Å². The van der Waals surface area contributed by atoms with Gasteiger partial charge in [-0.15, -0.1) is 0 Å². The average molecular weight is 317 g/mol. The van der Waals surface area contributed by atoms with E-state index in [9.17, 15) is 9.18 Å². The Morgan fingerprint density at radius 2 is 2.04 bits per heavy atom. The molecule has 1 saturated heterocycles. The lowest BCUT2D eigenvalue weighted by atomic mass is 9.97. The predicted molar refractivity (Wildman–Crippen MR) is 84.5 cm³/mol. The number of carboxylic acid groups (broad SMARTS) is 1. The zero-order valence-electron chi connectivity index (χ0n) is 13.1. The number of piperidine rings is 1. The van der Waals surface area contributed by atoms with Gasteiger partial charge in [-0.1, -0.05) is 0 Å². The summed E-state index contributed by atoms with van der Waals surface area (Å²) in [5.74, 6) is 0.409. The standard InChI is InChI=1S/C18H20FNO3/c1-12-10-14(19)2-4-16(12)17-5-3-15(23-17)11-20-8-6-13(7-9-20)18(21)22/h2-5,10,13H,6-9,11H2,1H3,(H,21,22). The Morgan fingerprint density at radius 3 is 2.70 bits per heavy atom. The van der Waals surface area contributed by atoms with Crippen molar-refractivity contribution >= 4 is 5.97 Å². The van der Waals surface area contributed by atoms with E-state index in [1.807, 2.05) is 19.1 Å². The van der Waals surface area contributed by atoms with E-state index in [4.69, 9.17) is 9.52 Å². The first-order valence-electron chi connectivity index (χ1n) is 7.83. The summed E-state index contributed by atoms with van der Waals surface area (Å²) in [6.07, 6.45) is 1.36. The van der Waals surface area contributed by atoms with E-state index in [2.05, 4.69) is 4.90 Å². The molecule has 2 aromatic rings. The third-order valence-electron chi connectivity index (χ3n) is 4.43. The predicted octanol–water partition coefficient (Wildman–Crippen LogP) is 3.69. The maximum atomic E-state index is 13.2. The van der Waals surface area contributed by atoms with E-state index in [1.165, 1.54) is 12.1 Å². The van der Waals surface area contributed by atoms with Crippen LogP contribution in [0.3, 0.4) is 0 Å². The molecule has 0 bridgehead atoms. The molecule has 1 aromatic heterocycles. The van der Waals surface area contributed by atoms with Crippen molar-refractivity contribution < 1.29 is 18.7 Å². The summed E-state index contributed by atoms with van der Waals surface area (Å²) in [7, 11) is 0. The maximum Gasteiger partial charge on any atom is 0.306 e. The molecule has 1 aliphatic heterocycles. The Bertz CT molecular complexity index is 702. The normalized spacial score (nSPS) is 16.6. The Balaban J connectivity index is 1.65. The molecule has 3 rings (SSSR count). The quantitative estimate of drug-likeness (QED) is 0.934. The van der Waals surface area contributed by atoms with Gasteiger partial charge in [-0.05, 0) is 68.8 Å². The first-order valence-corrected chi connectivity index (χ1v) is 7.83. The highest BCUT2D eigenvalue weighted by molar-refractivity contribution is 5.70. The van der Waals surface area contributed by atoms with Crippen LogP contribution in [0.5, 0.6) is 0 Å².